The molecular weight excluding hydrogens is 206 g/mol. The van der Waals surface area contributed by atoms with Crippen LogP contribution in [-0.2, 0) is 0 Å². The van der Waals surface area contributed by atoms with E-state index in [0.29, 0.717) is 16.1 Å². The molecule has 5 nitrogen and oxygen atoms in total. The van der Waals surface area contributed by atoms with Crippen molar-refractivity contribution in [3.8, 4) is 0 Å². The summed E-state index contributed by atoms with van der Waals surface area (Å²) in [5, 5.41) is 2.78. The first kappa shape index (κ1) is 8.83. The van der Waals surface area contributed by atoms with Crippen LogP contribution >= 0.6 is 11.6 Å². The van der Waals surface area contributed by atoms with Crippen molar-refractivity contribution in [1.82, 2.24) is 4.98 Å². The van der Waals surface area contributed by atoms with E-state index in [2.05, 4.69) is 10.3 Å². The molecule has 2 amide bonds. The number of halogens is 1. The maximum Gasteiger partial charge on any atom is 0.320 e. The van der Waals surface area contributed by atoms with Crippen LogP contribution in [-0.4, -0.2) is 11.0 Å². The van der Waals surface area contributed by atoms with Crippen molar-refractivity contribution in [2.45, 2.75) is 0 Å². The molecule has 0 saturated carbocycles. The van der Waals surface area contributed by atoms with Gasteiger partial charge in [-0.2, -0.15) is 4.98 Å². The molecule has 0 atom stereocenters. The molecule has 2 aromatic rings. The monoisotopic (exact) mass is 211 g/mol. The molecule has 3 N–H and O–H groups in total. The fourth-order valence-electron chi connectivity index (χ4n) is 1.06. The number of nitrogens with one attached hydrogen (secondary N) is 1. The van der Waals surface area contributed by atoms with E-state index in [1.807, 2.05) is 0 Å². The number of nitrogens with zero attached hydrogens (tertiary/aromatic N) is 1. The Balaban J connectivity index is 2.46. The third kappa shape index (κ3) is 1.62. The topological polar surface area (TPSA) is 81.2 Å². The third-order valence-electron chi connectivity index (χ3n) is 1.58. The summed E-state index contributed by atoms with van der Waals surface area (Å²) in [5.74, 6) is 0. The summed E-state index contributed by atoms with van der Waals surface area (Å²) in [6, 6.07) is 4.31. The van der Waals surface area contributed by atoms with E-state index >= 15 is 0 Å². The number of fused-ring (bicyclic) bond motifs is 1. The van der Waals surface area contributed by atoms with Gasteiger partial charge in [-0.05, 0) is 18.2 Å². The zero-order chi connectivity index (χ0) is 10.1. The van der Waals surface area contributed by atoms with Crippen LogP contribution in [0.3, 0.4) is 0 Å². The van der Waals surface area contributed by atoms with Gasteiger partial charge < -0.3 is 10.2 Å². The number of oxazole rings is 1. The van der Waals surface area contributed by atoms with Crippen molar-refractivity contribution in [3.63, 3.8) is 0 Å². The van der Waals surface area contributed by atoms with Gasteiger partial charge in [-0.3, -0.25) is 5.32 Å². The quantitative estimate of drug-likeness (QED) is 0.757. The standard InChI is InChI=1S/C8H6ClN3O2/c9-4-1-2-6-5(3-4)11-8(14-6)12-7(10)13/h1-3H,(H3,10,11,12,13). The lowest BCUT2D eigenvalue weighted by Crippen LogP contribution is -2.19. The highest BCUT2D eigenvalue weighted by Crippen LogP contribution is 2.21. The molecule has 0 radical (unpaired) electrons. The van der Waals surface area contributed by atoms with Crippen molar-refractivity contribution in [3.05, 3.63) is 23.2 Å². The number of amides is 2. The highest BCUT2D eigenvalue weighted by atomic mass is 35.5. The summed E-state index contributed by atoms with van der Waals surface area (Å²) in [6.07, 6.45) is 0. The molecule has 0 unspecified atom stereocenters. The van der Waals surface area contributed by atoms with Gasteiger partial charge in [0.25, 0.3) is 0 Å². The number of nitrogens with two attached hydrogens (primary N) is 1. The molecule has 1 aromatic carbocycles. The summed E-state index contributed by atoms with van der Waals surface area (Å²) < 4.78 is 5.15. The first-order valence-electron chi connectivity index (χ1n) is 3.78. The Kier molecular flexibility index (Phi) is 2.01. The van der Waals surface area contributed by atoms with Crippen LogP contribution in [0.15, 0.2) is 22.6 Å². The van der Waals surface area contributed by atoms with Crippen LogP contribution in [0.1, 0.15) is 0 Å². The number of rotatable bonds is 1. The highest BCUT2D eigenvalue weighted by molar-refractivity contribution is 6.31. The Labute approximate surface area is 83.8 Å². The molecule has 14 heavy (non-hydrogen) atoms. The minimum Gasteiger partial charge on any atom is -0.423 e. The van der Waals surface area contributed by atoms with Crippen LogP contribution in [0.2, 0.25) is 5.02 Å². The Bertz CT molecular complexity index is 494. The molecule has 0 aliphatic heterocycles. The Hall–Kier alpha value is -1.75. The molecule has 0 spiro atoms. The maximum atomic E-state index is 10.5. The normalized spacial score (nSPS) is 10.4. The van der Waals surface area contributed by atoms with Crippen molar-refractivity contribution in [2.24, 2.45) is 5.73 Å². The predicted octanol–water partition coefficient (Wildman–Crippen LogP) is 1.97. The van der Waals surface area contributed by atoms with Crippen LogP contribution in [0.4, 0.5) is 10.8 Å². The molecule has 0 saturated heterocycles. The summed E-state index contributed by atoms with van der Waals surface area (Å²) in [6.45, 7) is 0. The van der Waals surface area contributed by atoms with Crippen molar-refractivity contribution < 1.29 is 9.21 Å². The van der Waals surface area contributed by atoms with E-state index in [9.17, 15) is 4.79 Å². The number of hydrogen-bond acceptors (Lipinski definition) is 3. The number of benzene rings is 1. The lowest BCUT2D eigenvalue weighted by molar-refractivity contribution is 0.259. The van der Waals surface area contributed by atoms with Crippen LogP contribution in [0.5, 0.6) is 0 Å². The first-order chi connectivity index (χ1) is 6.65. The van der Waals surface area contributed by atoms with Crippen molar-refractivity contribution in [1.29, 1.82) is 0 Å². The number of anilines is 1. The number of hydrogen-bond donors (Lipinski definition) is 2. The van der Waals surface area contributed by atoms with Gasteiger partial charge in [-0.15, -0.1) is 0 Å². The maximum absolute atomic E-state index is 10.5. The van der Waals surface area contributed by atoms with Crippen molar-refractivity contribution in [2.75, 3.05) is 5.32 Å². The molecule has 1 aromatic heterocycles. The smallest absolute Gasteiger partial charge is 0.320 e. The van der Waals surface area contributed by atoms with Crippen LogP contribution < -0.4 is 11.1 Å². The van der Waals surface area contributed by atoms with Gasteiger partial charge in [0.1, 0.15) is 5.52 Å². The molecule has 0 bridgehead atoms. The Morgan fingerprint density at radius 3 is 3.07 bits per heavy atom. The number of carbonyl (C=O) groups is 1. The van der Waals surface area contributed by atoms with E-state index in [1.165, 1.54) is 0 Å². The minimum absolute atomic E-state index is 0.0646. The third-order valence-corrected chi connectivity index (χ3v) is 1.81. The fraction of sp³-hybridized carbons (Fsp3) is 0. The summed E-state index contributed by atoms with van der Waals surface area (Å²) in [4.78, 5) is 14.4. The Morgan fingerprint density at radius 2 is 2.36 bits per heavy atom. The second-order valence-electron chi connectivity index (χ2n) is 2.62. The molecule has 72 valence electrons. The zero-order valence-electron chi connectivity index (χ0n) is 6.95. The zero-order valence-corrected chi connectivity index (χ0v) is 7.71. The van der Waals surface area contributed by atoms with Gasteiger partial charge in [-0.25, -0.2) is 4.79 Å². The SMILES string of the molecule is NC(=O)Nc1nc2cc(Cl)ccc2o1. The van der Waals surface area contributed by atoms with E-state index in [1.54, 1.807) is 18.2 Å². The van der Waals surface area contributed by atoms with E-state index in [-0.39, 0.29) is 6.01 Å². The van der Waals surface area contributed by atoms with Gasteiger partial charge >= 0.3 is 12.0 Å². The Morgan fingerprint density at radius 1 is 1.57 bits per heavy atom. The predicted molar refractivity (Wildman–Crippen MR) is 52.2 cm³/mol. The average molecular weight is 212 g/mol. The van der Waals surface area contributed by atoms with Gasteiger partial charge in [0, 0.05) is 5.02 Å². The molecule has 0 fully saturated rings. The fourth-order valence-corrected chi connectivity index (χ4v) is 1.23. The number of primary amides is 1. The van der Waals surface area contributed by atoms with Crippen molar-refractivity contribution >= 4 is 34.7 Å². The molecule has 0 aliphatic carbocycles. The van der Waals surface area contributed by atoms with E-state index in [0.717, 1.165) is 0 Å². The molecule has 2 rings (SSSR count). The minimum atomic E-state index is -0.720. The molecule has 1 heterocycles. The number of urea groups is 1. The van der Waals surface area contributed by atoms with Gasteiger partial charge in [0.05, 0.1) is 0 Å². The second-order valence-corrected chi connectivity index (χ2v) is 3.06. The summed E-state index contributed by atoms with van der Waals surface area (Å²) >= 11 is 5.74. The number of aromatic nitrogens is 1. The molecule has 6 heteroatoms. The van der Waals surface area contributed by atoms with Gasteiger partial charge in [0.2, 0.25) is 0 Å². The van der Waals surface area contributed by atoms with Crippen LogP contribution in [0.25, 0.3) is 11.1 Å². The van der Waals surface area contributed by atoms with Crippen LogP contribution in [0, 0.1) is 0 Å². The second kappa shape index (κ2) is 3.19. The van der Waals surface area contributed by atoms with E-state index in [4.69, 9.17) is 21.8 Å². The van der Waals surface area contributed by atoms with Gasteiger partial charge in [-0.1, -0.05) is 11.6 Å². The lowest BCUT2D eigenvalue weighted by atomic mass is 10.3. The summed E-state index contributed by atoms with van der Waals surface area (Å²) in [7, 11) is 0. The van der Waals surface area contributed by atoms with E-state index < -0.39 is 6.03 Å². The highest BCUT2D eigenvalue weighted by Gasteiger charge is 2.06. The first-order valence-corrected chi connectivity index (χ1v) is 4.15. The number of carbonyl (C=O) groups excluding carboxylic acids is 1. The lowest BCUT2D eigenvalue weighted by Gasteiger charge is -1.90. The largest absolute Gasteiger partial charge is 0.423 e. The molecule has 0 aliphatic rings. The average Bonchev–Trinajstić information content (AvgIpc) is 2.44. The molecular formula is C8H6ClN3O2. The van der Waals surface area contributed by atoms with Gasteiger partial charge in [0.15, 0.2) is 5.58 Å². The summed E-state index contributed by atoms with van der Waals surface area (Å²) in [5.41, 5.74) is 6.01.